The van der Waals surface area contributed by atoms with Crippen LogP contribution in [-0.2, 0) is 21.5 Å². The molecule has 1 aliphatic rings. The molecule has 1 N–H and O–H groups in total. The molecule has 3 aromatic carbocycles. The minimum Gasteiger partial charge on any atom is -0.507 e. The van der Waals surface area contributed by atoms with E-state index in [1.807, 2.05) is 55.5 Å². The third-order valence-electron chi connectivity index (χ3n) is 6.83. The van der Waals surface area contributed by atoms with E-state index < -0.39 is 17.7 Å². The topological polar surface area (TPSA) is 76.1 Å². The lowest BCUT2D eigenvalue weighted by molar-refractivity contribution is -0.140. The van der Waals surface area contributed by atoms with E-state index in [0.29, 0.717) is 17.1 Å². The Kier molecular flexibility index (Phi) is 7.12. The number of benzene rings is 3. The number of aliphatic hydroxyl groups is 1. The van der Waals surface area contributed by atoms with Crippen molar-refractivity contribution >= 4 is 17.4 Å². The quantitative estimate of drug-likeness (QED) is 0.258. The number of carbonyl (C=O) groups excluding carboxylic acids is 2. The van der Waals surface area contributed by atoms with Crippen LogP contribution in [0.25, 0.3) is 5.76 Å². The number of aliphatic hydroxyl groups excluding tert-OH is 1. The van der Waals surface area contributed by atoms with E-state index in [1.54, 1.807) is 32.4 Å². The van der Waals surface area contributed by atoms with Crippen molar-refractivity contribution in [2.24, 2.45) is 0 Å². The van der Waals surface area contributed by atoms with Gasteiger partial charge < -0.3 is 19.5 Å². The number of carbonyl (C=O) groups is 2. The Morgan fingerprint density at radius 3 is 2.03 bits per heavy atom. The second-order valence-corrected chi connectivity index (χ2v) is 10.3. The van der Waals surface area contributed by atoms with Crippen molar-refractivity contribution in [2.75, 3.05) is 14.2 Å². The van der Waals surface area contributed by atoms with Crippen LogP contribution < -0.4 is 9.47 Å². The summed E-state index contributed by atoms with van der Waals surface area (Å²) in [5, 5.41) is 11.4. The van der Waals surface area contributed by atoms with Crippen LogP contribution in [0.1, 0.15) is 54.6 Å². The molecule has 1 atom stereocenters. The maximum atomic E-state index is 13.4. The molecular weight excluding hydrogens is 466 g/mol. The summed E-state index contributed by atoms with van der Waals surface area (Å²) in [6.07, 6.45) is 0. The Hall–Kier alpha value is -4.06. The van der Waals surface area contributed by atoms with Crippen LogP contribution in [0.2, 0.25) is 0 Å². The summed E-state index contributed by atoms with van der Waals surface area (Å²) in [6, 6.07) is 19.8. The number of ketones is 1. The molecule has 1 aliphatic heterocycles. The smallest absolute Gasteiger partial charge is 0.295 e. The SMILES string of the molecule is COc1ccc(CN2C(=O)C(=O)/C(=C(\O)c3ccc(OC)cc3C)C2c2ccc(C(C)(C)C)cc2)cc1. The summed E-state index contributed by atoms with van der Waals surface area (Å²) >= 11 is 0. The molecule has 6 nitrogen and oxygen atoms in total. The van der Waals surface area contributed by atoms with Crippen molar-refractivity contribution in [3.63, 3.8) is 0 Å². The van der Waals surface area contributed by atoms with Crippen LogP contribution in [0, 0.1) is 6.92 Å². The van der Waals surface area contributed by atoms with Crippen molar-refractivity contribution < 1.29 is 24.2 Å². The zero-order chi connectivity index (χ0) is 26.9. The summed E-state index contributed by atoms with van der Waals surface area (Å²) in [6.45, 7) is 8.43. The summed E-state index contributed by atoms with van der Waals surface area (Å²) in [4.78, 5) is 28.3. The normalized spacial score (nSPS) is 17.2. The van der Waals surface area contributed by atoms with E-state index in [2.05, 4.69) is 20.8 Å². The van der Waals surface area contributed by atoms with E-state index in [-0.39, 0.29) is 23.3 Å². The number of Topliss-reactive ketones (excluding diaryl/α,β-unsaturated/α-hetero) is 1. The minimum absolute atomic E-state index is 0.0519. The van der Waals surface area contributed by atoms with Gasteiger partial charge in [0, 0.05) is 12.1 Å². The highest BCUT2D eigenvalue weighted by Crippen LogP contribution is 2.41. The Morgan fingerprint density at radius 2 is 1.49 bits per heavy atom. The van der Waals surface area contributed by atoms with Gasteiger partial charge in [-0.25, -0.2) is 0 Å². The first-order valence-corrected chi connectivity index (χ1v) is 12.2. The molecule has 0 bridgehead atoms. The zero-order valence-electron chi connectivity index (χ0n) is 22.2. The molecular formula is C31H33NO5. The Bertz CT molecular complexity index is 1350. The number of hydrogen-bond donors (Lipinski definition) is 1. The van der Waals surface area contributed by atoms with Gasteiger partial charge in [0.05, 0.1) is 25.8 Å². The van der Waals surface area contributed by atoms with Crippen molar-refractivity contribution in [1.82, 2.24) is 4.90 Å². The molecule has 0 radical (unpaired) electrons. The number of aryl methyl sites for hydroxylation is 1. The molecule has 0 spiro atoms. The van der Waals surface area contributed by atoms with Crippen molar-refractivity contribution in [3.8, 4) is 11.5 Å². The fourth-order valence-corrected chi connectivity index (χ4v) is 4.66. The molecule has 1 amide bonds. The van der Waals surface area contributed by atoms with Crippen LogP contribution >= 0.6 is 0 Å². The summed E-state index contributed by atoms with van der Waals surface area (Å²) < 4.78 is 10.5. The molecule has 192 valence electrons. The van der Waals surface area contributed by atoms with Gasteiger partial charge in [0.25, 0.3) is 11.7 Å². The predicted octanol–water partition coefficient (Wildman–Crippen LogP) is 5.93. The summed E-state index contributed by atoms with van der Waals surface area (Å²) in [5.74, 6) is -0.196. The van der Waals surface area contributed by atoms with Crippen LogP contribution in [0.3, 0.4) is 0 Å². The van der Waals surface area contributed by atoms with Crippen LogP contribution in [0.5, 0.6) is 11.5 Å². The summed E-state index contributed by atoms with van der Waals surface area (Å²) in [5.41, 5.74) is 3.99. The third-order valence-corrected chi connectivity index (χ3v) is 6.83. The van der Waals surface area contributed by atoms with Gasteiger partial charge in [-0.15, -0.1) is 0 Å². The molecule has 1 fully saturated rings. The minimum atomic E-state index is -0.738. The van der Waals surface area contributed by atoms with Gasteiger partial charge in [0.15, 0.2) is 0 Å². The molecule has 0 aromatic heterocycles. The number of amides is 1. The van der Waals surface area contributed by atoms with Gasteiger partial charge in [0.2, 0.25) is 0 Å². The van der Waals surface area contributed by atoms with E-state index in [4.69, 9.17) is 9.47 Å². The molecule has 1 saturated heterocycles. The number of hydrogen-bond acceptors (Lipinski definition) is 5. The lowest BCUT2D eigenvalue weighted by Gasteiger charge is -2.27. The van der Waals surface area contributed by atoms with Crippen LogP contribution in [0.4, 0.5) is 0 Å². The molecule has 4 rings (SSSR count). The number of ether oxygens (including phenoxy) is 2. The van der Waals surface area contributed by atoms with Gasteiger partial charge in [-0.05, 0) is 64.9 Å². The predicted molar refractivity (Wildman–Crippen MR) is 144 cm³/mol. The molecule has 6 heteroatoms. The van der Waals surface area contributed by atoms with Gasteiger partial charge in [-0.3, -0.25) is 9.59 Å². The number of likely N-dealkylation sites (tertiary alicyclic amines) is 1. The fourth-order valence-electron chi connectivity index (χ4n) is 4.66. The van der Waals surface area contributed by atoms with E-state index in [9.17, 15) is 14.7 Å². The summed E-state index contributed by atoms with van der Waals surface area (Å²) in [7, 11) is 3.16. The maximum Gasteiger partial charge on any atom is 0.295 e. The lowest BCUT2D eigenvalue weighted by Crippen LogP contribution is -2.29. The highest BCUT2D eigenvalue weighted by atomic mass is 16.5. The maximum absolute atomic E-state index is 13.4. The lowest BCUT2D eigenvalue weighted by atomic mass is 9.85. The number of methoxy groups -OCH3 is 2. The number of nitrogens with zero attached hydrogens (tertiary/aromatic N) is 1. The largest absolute Gasteiger partial charge is 0.507 e. The van der Waals surface area contributed by atoms with Crippen molar-refractivity contribution in [1.29, 1.82) is 0 Å². The molecule has 1 heterocycles. The first-order chi connectivity index (χ1) is 17.5. The first kappa shape index (κ1) is 26.0. The average molecular weight is 500 g/mol. The second-order valence-electron chi connectivity index (χ2n) is 10.3. The Labute approximate surface area is 218 Å². The Balaban J connectivity index is 1.85. The van der Waals surface area contributed by atoms with E-state index in [0.717, 1.165) is 22.3 Å². The van der Waals surface area contributed by atoms with Crippen molar-refractivity contribution in [2.45, 2.75) is 45.7 Å². The molecule has 0 aliphatic carbocycles. The molecule has 1 unspecified atom stereocenters. The van der Waals surface area contributed by atoms with Crippen LogP contribution in [0.15, 0.2) is 72.3 Å². The molecule has 3 aromatic rings. The van der Waals surface area contributed by atoms with Gasteiger partial charge in [-0.2, -0.15) is 0 Å². The van der Waals surface area contributed by atoms with Gasteiger partial charge in [-0.1, -0.05) is 57.2 Å². The van der Waals surface area contributed by atoms with Crippen LogP contribution in [-0.4, -0.2) is 35.9 Å². The van der Waals surface area contributed by atoms with Crippen molar-refractivity contribution in [3.05, 3.63) is 100 Å². The van der Waals surface area contributed by atoms with Gasteiger partial charge in [0.1, 0.15) is 17.3 Å². The van der Waals surface area contributed by atoms with Gasteiger partial charge >= 0.3 is 0 Å². The monoisotopic (exact) mass is 499 g/mol. The first-order valence-electron chi connectivity index (χ1n) is 12.2. The number of rotatable bonds is 6. The fraction of sp³-hybridized carbons (Fsp3) is 0.290. The Morgan fingerprint density at radius 1 is 0.892 bits per heavy atom. The second kappa shape index (κ2) is 10.1. The molecule has 37 heavy (non-hydrogen) atoms. The molecule has 0 saturated carbocycles. The third kappa shape index (κ3) is 5.10. The van der Waals surface area contributed by atoms with E-state index in [1.165, 1.54) is 4.90 Å². The highest BCUT2D eigenvalue weighted by molar-refractivity contribution is 6.46. The highest BCUT2D eigenvalue weighted by Gasteiger charge is 2.46. The van der Waals surface area contributed by atoms with E-state index >= 15 is 0 Å². The standard InChI is InChI=1S/C31H33NO5/c1-19-17-24(37-6)15-16-25(19)28(33)26-27(21-9-11-22(12-10-21)31(2,3)4)32(30(35)29(26)34)18-20-7-13-23(36-5)14-8-20/h7-17,27,33H,18H2,1-6H3/b28-26-. The zero-order valence-corrected chi connectivity index (χ0v) is 22.2. The average Bonchev–Trinajstić information content (AvgIpc) is 3.13.